The van der Waals surface area contributed by atoms with Gasteiger partial charge in [-0.1, -0.05) is 18.2 Å². The standard InChI is InChI=1S/C17H16N4O3/c1-2-23-17(22)16-15(19-21-20-16)12-6-5-8-14(10-12)24-11-13-7-3-4-9-18-13/h3-10H,2,11H2,1H3,(H,19,20,21). The number of aromatic nitrogens is 4. The van der Waals surface area contributed by atoms with Crippen molar-refractivity contribution in [1.82, 2.24) is 20.4 Å². The van der Waals surface area contributed by atoms with E-state index in [1.807, 2.05) is 36.4 Å². The van der Waals surface area contributed by atoms with Crippen LogP contribution in [0.4, 0.5) is 0 Å². The summed E-state index contributed by atoms with van der Waals surface area (Å²) in [6, 6.07) is 12.9. The highest BCUT2D eigenvalue weighted by Crippen LogP contribution is 2.25. The lowest BCUT2D eigenvalue weighted by atomic mass is 10.1. The Morgan fingerprint density at radius 3 is 2.88 bits per heavy atom. The van der Waals surface area contributed by atoms with Crippen molar-refractivity contribution in [2.24, 2.45) is 0 Å². The van der Waals surface area contributed by atoms with Gasteiger partial charge in [0, 0.05) is 11.8 Å². The molecule has 3 aromatic rings. The summed E-state index contributed by atoms with van der Waals surface area (Å²) in [5.41, 5.74) is 2.12. The van der Waals surface area contributed by atoms with E-state index in [1.165, 1.54) is 0 Å². The number of aromatic amines is 1. The van der Waals surface area contributed by atoms with Gasteiger partial charge in [0.1, 0.15) is 18.1 Å². The lowest BCUT2D eigenvalue weighted by molar-refractivity contribution is 0.0520. The van der Waals surface area contributed by atoms with Crippen molar-refractivity contribution in [3.8, 4) is 17.0 Å². The third kappa shape index (κ3) is 3.57. The predicted molar refractivity (Wildman–Crippen MR) is 86.3 cm³/mol. The smallest absolute Gasteiger partial charge is 0.361 e. The first-order valence-electron chi connectivity index (χ1n) is 7.49. The van der Waals surface area contributed by atoms with Crippen molar-refractivity contribution in [2.45, 2.75) is 13.5 Å². The van der Waals surface area contributed by atoms with E-state index >= 15 is 0 Å². The third-order valence-corrected chi connectivity index (χ3v) is 3.24. The predicted octanol–water partition coefficient (Wildman–Crippen LogP) is 2.62. The molecule has 2 heterocycles. The molecule has 0 unspecified atom stereocenters. The molecule has 1 N–H and O–H groups in total. The monoisotopic (exact) mass is 324 g/mol. The van der Waals surface area contributed by atoms with Crippen molar-refractivity contribution >= 4 is 5.97 Å². The van der Waals surface area contributed by atoms with Crippen LogP contribution < -0.4 is 4.74 Å². The Morgan fingerprint density at radius 2 is 2.08 bits per heavy atom. The molecule has 3 rings (SSSR count). The normalized spacial score (nSPS) is 10.4. The van der Waals surface area contributed by atoms with Crippen molar-refractivity contribution in [2.75, 3.05) is 6.61 Å². The zero-order valence-electron chi connectivity index (χ0n) is 13.1. The first-order valence-corrected chi connectivity index (χ1v) is 7.49. The summed E-state index contributed by atoms with van der Waals surface area (Å²) in [7, 11) is 0. The minimum absolute atomic E-state index is 0.152. The fourth-order valence-electron chi connectivity index (χ4n) is 2.15. The van der Waals surface area contributed by atoms with Crippen LogP contribution in [-0.4, -0.2) is 33.0 Å². The molecule has 0 aliphatic heterocycles. The number of hydrogen-bond acceptors (Lipinski definition) is 6. The van der Waals surface area contributed by atoms with E-state index in [9.17, 15) is 4.79 Å². The van der Waals surface area contributed by atoms with Crippen molar-refractivity contribution in [3.05, 3.63) is 60.0 Å². The molecule has 0 amide bonds. The van der Waals surface area contributed by atoms with Crippen LogP contribution in [0, 0.1) is 0 Å². The molecular weight excluding hydrogens is 308 g/mol. The molecule has 1 aromatic carbocycles. The second kappa shape index (κ2) is 7.36. The fourth-order valence-corrected chi connectivity index (χ4v) is 2.15. The van der Waals surface area contributed by atoms with Gasteiger partial charge in [-0.25, -0.2) is 4.79 Å². The van der Waals surface area contributed by atoms with Gasteiger partial charge in [0.05, 0.1) is 12.3 Å². The molecular formula is C17H16N4O3. The summed E-state index contributed by atoms with van der Waals surface area (Å²) in [5, 5.41) is 10.4. The van der Waals surface area contributed by atoms with Gasteiger partial charge in [0.25, 0.3) is 0 Å². The molecule has 7 nitrogen and oxygen atoms in total. The number of benzene rings is 1. The van der Waals surface area contributed by atoms with Crippen molar-refractivity contribution < 1.29 is 14.3 Å². The van der Waals surface area contributed by atoms with E-state index in [2.05, 4.69) is 20.4 Å². The molecule has 122 valence electrons. The van der Waals surface area contributed by atoms with Crippen molar-refractivity contribution in [1.29, 1.82) is 0 Å². The van der Waals surface area contributed by atoms with Gasteiger partial charge in [0.2, 0.25) is 0 Å². The highest BCUT2D eigenvalue weighted by atomic mass is 16.5. The molecule has 0 bridgehead atoms. The number of rotatable bonds is 6. The highest BCUT2D eigenvalue weighted by Gasteiger charge is 2.19. The molecule has 0 aliphatic carbocycles. The number of nitrogens with zero attached hydrogens (tertiary/aromatic N) is 3. The maximum absolute atomic E-state index is 11.9. The first kappa shape index (κ1) is 15.7. The van der Waals surface area contributed by atoms with E-state index < -0.39 is 5.97 Å². The minimum Gasteiger partial charge on any atom is -0.487 e. The van der Waals surface area contributed by atoms with E-state index in [0.29, 0.717) is 23.6 Å². The molecule has 0 radical (unpaired) electrons. The molecule has 0 aliphatic rings. The Kier molecular flexibility index (Phi) is 4.81. The lowest BCUT2D eigenvalue weighted by Crippen LogP contribution is -2.06. The van der Waals surface area contributed by atoms with Gasteiger partial charge < -0.3 is 9.47 Å². The molecule has 2 aromatic heterocycles. The number of pyridine rings is 1. The second-order valence-corrected chi connectivity index (χ2v) is 4.88. The van der Waals surface area contributed by atoms with Crippen LogP contribution in [0.15, 0.2) is 48.7 Å². The zero-order chi connectivity index (χ0) is 16.8. The molecule has 24 heavy (non-hydrogen) atoms. The van der Waals surface area contributed by atoms with Crippen molar-refractivity contribution in [3.63, 3.8) is 0 Å². The Labute approximate surface area is 138 Å². The van der Waals surface area contributed by atoms with E-state index in [4.69, 9.17) is 9.47 Å². The topological polar surface area (TPSA) is 90.0 Å². The van der Waals surface area contributed by atoms with Crippen LogP contribution >= 0.6 is 0 Å². The Balaban J connectivity index is 1.79. The number of ether oxygens (including phenoxy) is 2. The zero-order valence-corrected chi connectivity index (χ0v) is 13.1. The van der Waals surface area contributed by atoms with Crippen LogP contribution in [0.25, 0.3) is 11.3 Å². The molecule has 0 atom stereocenters. The molecule has 0 saturated heterocycles. The molecule has 0 fully saturated rings. The van der Waals surface area contributed by atoms with Gasteiger partial charge >= 0.3 is 5.97 Å². The summed E-state index contributed by atoms with van der Waals surface area (Å²) >= 11 is 0. The molecule has 7 heteroatoms. The third-order valence-electron chi connectivity index (χ3n) is 3.24. The molecule has 0 spiro atoms. The second-order valence-electron chi connectivity index (χ2n) is 4.88. The highest BCUT2D eigenvalue weighted by molar-refractivity contribution is 5.93. The molecule has 0 saturated carbocycles. The number of esters is 1. The summed E-state index contributed by atoms with van der Waals surface area (Å²) in [6.07, 6.45) is 1.72. The number of carbonyl (C=O) groups excluding carboxylic acids is 1. The fraction of sp³-hybridized carbons (Fsp3) is 0.176. The number of H-pyrrole nitrogens is 1. The van der Waals surface area contributed by atoms with Crippen LogP contribution in [0.1, 0.15) is 23.1 Å². The summed E-state index contributed by atoms with van der Waals surface area (Å²) < 4.78 is 10.7. The summed E-state index contributed by atoms with van der Waals surface area (Å²) in [4.78, 5) is 16.1. The van der Waals surface area contributed by atoms with Crippen LogP contribution in [0.3, 0.4) is 0 Å². The lowest BCUT2D eigenvalue weighted by Gasteiger charge is -2.07. The van der Waals surface area contributed by atoms with E-state index in [0.717, 1.165) is 5.69 Å². The van der Waals surface area contributed by atoms with Crippen LogP contribution in [-0.2, 0) is 11.3 Å². The number of hydrogen-bond donors (Lipinski definition) is 1. The van der Waals surface area contributed by atoms with Gasteiger partial charge in [0.15, 0.2) is 5.69 Å². The van der Waals surface area contributed by atoms with Crippen LogP contribution in [0.5, 0.6) is 5.75 Å². The largest absolute Gasteiger partial charge is 0.487 e. The quantitative estimate of drug-likeness (QED) is 0.701. The van der Waals surface area contributed by atoms with Gasteiger partial charge in [-0.2, -0.15) is 10.3 Å². The number of nitrogens with one attached hydrogen (secondary N) is 1. The average Bonchev–Trinajstić information content (AvgIpc) is 3.11. The summed E-state index contributed by atoms with van der Waals surface area (Å²) in [6.45, 7) is 2.37. The first-order chi connectivity index (χ1) is 11.8. The number of carbonyl (C=O) groups is 1. The summed E-state index contributed by atoms with van der Waals surface area (Å²) in [5.74, 6) is 0.136. The van der Waals surface area contributed by atoms with Gasteiger partial charge in [-0.15, -0.1) is 5.10 Å². The Hall–Kier alpha value is -3.22. The Bertz CT molecular complexity index is 817. The average molecular weight is 324 g/mol. The van der Waals surface area contributed by atoms with E-state index in [1.54, 1.807) is 19.2 Å². The Morgan fingerprint density at radius 1 is 1.17 bits per heavy atom. The van der Waals surface area contributed by atoms with Gasteiger partial charge in [-0.3, -0.25) is 4.98 Å². The maximum Gasteiger partial charge on any atom is 0.361 e. The maximum atomic E-state index is 11.9. The van der Waals surface area contributed by atoms with Gasteiger partial charge in [-0.05, 0) is 31.2 Å². The van der Waals surface area contributed by atoms with E-state index in [-0.39, 0.29) is 12.3 Å². The minimum atomic E-state index is -0.513. The SMILES string of the molecule is CCOC(=O)c1n[nH]nc1-c1cccc(OCc2ccccn2)c1. The van der Waals surface area contributed by atoms with Crippen LogP contribution in [0.2, 0.25) is 0 Å².